The zero-order chi connectivity index (χ0) is 21.5. The number of halogens is 3. The number of aromatic nitrogens is 3. The van der Waals surface area contributed by atoms with E-state index in [-0.39, 0.29) is 23.0 Å². The molecule has 0 fully saturated rings. The molecule has 1 aliphatic heterocycles. The van der Waals surface area contributed by atoms with Gasteiger partial charge >= 0.3 is 6.18 Å². The van der Waals surface area contributed by atoms with Crippen molar-refractivity contribution in [3.05, 3.63) is 53.3 Å². The largest absolute Gasteiger partial charge is 0.417 e. The molecule has 0 saturated heterocycles. The Morgan fingerprint density at radius 2 is 1.97 bits per heavy atom. The smallest absolute Gasteiger partial charge is 0.356 e. The first-order valence-corrected chi connectivity index (χ1v) is 9.05. The lowest BCUT2D eigenvalue weighted by atomic mass is 10.0. The minimum atomic E-state index is -4.67. The van der Waals surface area contributed by atoms with Crippen molar-refractivity contribution in [2.45, 2.75) is 19.5 Å². The number of aromatic amines is 1. The third-order valence-corrected chi connectivity index (χ3v) is 4.62. The number of hydrogen-bond donors (Lipinski definition) is 3. The van der Waals surface area contributed by atoms with Gasteiger partial charge in [0.05, 0.1) is 22.5 Å². The van der Waals surface area contributed by atoms with Gasteiger partial charge in [-0.25, -0.2) is 9.97 Å². The Labute approximate surface area is 168 Å². The van der Waals surface area contributed by atoms with Gasteiger partial charge in [-0.3, -0.25) is 9.59 Å². The molecule has 0 unspecified atom stereocenters. The van der Waals surface area contributed by atoms with Crippen molar-refractivity contribution < 1.29 is 22.8 Å². The number of anilines is 1. The first-order chi connectivity index (χ1) is 14.2. The average Bonchev–Trinajstić information content (AvgIpc) is 3.13. The van der Waals surface area contributed by atoms with E-state index in [0.717, 1.165) is 11.8 Å². The molecular weight excluding hydrogens is 399 g/mol. The van der Waals surface area contributed by atoms with Crippen LogP contribution in [0.4, 0.5) is 18.9 Å². The van der Waals surface area contributed by atoms with Gasteiger partial charge in [0.2, 0.25) is 5.91 Å². The summed E-state index contributed by atoms with van der Waals surface area (Å²) in [5.41, 5.74) is 0.975. The van der Waals surface area contributed by atoms with E-state index in [0.29, 0.717) is 29.9 Å². The minimum Gasteiger partial charge on any atom is -0.356 e. The zero-order valence-corrected chi connectivity index (χ0v) is 15.7. The molecule has 0 spiro atoms. The zero-order valence-electron chi connectivity index (χ0n) is 15.7. The van der Waals surface area contributed by atoms with Crippen LogP contribution < -0.4 is 10.6 Å². The fraction of sp³-hybridized carbons (Fsp3) is 0.200. The standard InChI is InChI=1S/C20H16F3N5O2/c1-10(29)26-11-2-3-12(14(8-11)20(21,22)23)18-24-6-5-16(28-18)17-9-13-15(27-17)4-7-25-19(13)30/h2-3,5-6,8-9,27H,4,7H2,1H3,(H,25,30)(H,26,29). The molecule has 0 bridgehead atoms. The molecular formula is C20H16F3N5O2. The second-order valence-corrected chi connectivity index (χ2v) is 6.79. The van der Waals surface area contributed by atoms with Crippen LogP contribution in [-0.4, -0.2) is 33.3 Å². The number of hydrogen-bond acceptors (Lipinski definition) is 4. The number of amides is 2. The fourth-order valence-corrected chi connectivity index (χ4v) is 3.32. The van der Waals surface area contributed by atoms with Crippen molar-refractivity contribution in [3.8, 4) is 22.8 Å². The average molecular weight is 415 g/mol. The number of nitrogens with zero attached hydrogens (tertiary/aromatic N) is 2. The van der Waals surface area contributed by atoms with Crippen LogP contribution in [0.5, 0.6) is 0 Å². The van der Waals surface area contributed by atoms with E-state index in [2.05, 4.69) is 25.6 Å². The van der Waals surface area contributed by atoms with E-state index in [1.807, 2.05) is 0 Å². The molecule has 2 amide bonds. The lowest BCUT2D eigenvalue weighted by Gasteiger charge is -2.14. The van der Waals surface area contributed by atoms with E-state index < -0.39 is 17.6 Å². The molecule has 1 aromatic carbocycles. The van der Waals surface area contributed by atoms with Gasteiger partial charge < -0.3 is 15.6 Å². The maximum absolute atomic E-state index is 13.7. The number of benzene rings is 1. The molecule has 2 aromatic heterocycles. The molecule has 1 aliphatic rings. The van der Waals surface area contributed by atoms with Crippen LogP contribution in [0.25, 0.3) is 22.8 Å². The number of rotatable bonds is 3. The molecule has 3 heterocycles. The van der Waals surface area contributed by atoms with Crippen molar-refractivity contribution in [2.24, 2.45) is 0 Å². The molecule has 30 heavy (non-hydrogen) atoms. The number of alkyl halides is 3. The van der Waals surface area contributed by atoms with E-state index in [1.165, 1.54) is 25.3 Å². The van der Waals surface area contributed by atoms with Gasteiger partial charge in [-0.05, 0) is 30.3 Å². The molecule has 3 N–H and O–H groups in total. The highest BCUT2D eigenvalue weighted by atomic mass is 19.4. The van der Waals surface area contributed by atoms with Crippen LogP contribution in [0.3, 0.4) is 0 Å². The molecule has 4 rings (SSSR count). The molecule has 7 nitrogen and oxygen atoms in total. The molecule has 0 atom stereocenters. The lowest BCUT2D eigenvalue weighted by Crippen LogP contribution is -2.31. The first kappa shape index (κ1) is 19.6. The second kappa shape index (κ2) is 7.29. The summed E-state index contributed by atoms with van der Waals surface area (Å²) in [6.45, 7) is 1.72. The number of fused-ring (bicyclic) bond motifs is 1. The summed E-state index contributed by atoms with van der Waals surface area (Å²) in [5, 5.41) is 5.08. The normalized spacial score (nSPS) is 13.5. The van der Waals surface area contributed by atoms with Crippen LogP contribution in [0.2, 0.25) is 0 Å². The van der Waals surface area contributed by atoms with Crippen LogP contribution in [0.1, 0.15) is 28.5 Å². The third-order valence-electron chi connectivity index (χ3n) is 4.62. The SMILES string of the molecule is CC(=O)Nc1ccc(-c2nccc(-c3cc4c([nH]3)CCNC4=O)n2)c(C(F)(F)F)c1. The summed E-state index contributed by atoms with van der Waals surface area (Å²) >= 11 is 0. The molecule has 154 valence electrons. The van der Waals surface area contributed by atoms with E-state index in [4.69, 9.17) is 0 Å². The topological polar surface area (TPSA) is 99.8 Å². The van der Waals surface area contributed by atoms with Gasteiger partial charge in [-0.2, -0.15) is 13.2 Å². The summed E-state index contributed by atoms with van der Waals surface area (Å²) in [4.78, 5) is 34.6. The van der Waals surface area contributed by atoms with Crippen molar-refractivity contribution >= 4 is 17.5 Å². The van der Waals surface area contributed by atoms with E-state index >= 15 is 0 Å². The van der Waals surface area contributed by atoms with E-state index in [9.17, 15) is 22.8 Å². The molecule has 3 aromatic rings. The van der Waals surface area contributed by atoms with Crippen molar-refractivity contribution in [1.82, 2.24) is 20.3 Å². The second-order valence-electron chi connectivity index (χ2n) is 6.79. The first-order valence-electron chi connectivity index (χ1n) is 9.05. The van der Waals surface area contributed by atoms with Gasteiger partial charge in [0.1, 0.15) is 0 Å². The number of nitrogens with one attached hydrogen (secondary N) is 3. The summed E-state index contributed by atoms with van der Waals surface area (Å²) < 4.78 is 41.0. The Morgan fingerprint density at radius 3 is 2.67 bits per heavy atom. The van der Waals surface area contributed by atoms with Gasteiger partial charge in [0.25, 0.3) is 5.91 Å². The lowest BCUT2D eigenvalue weighted by molar-refractivity contribution is -0.137. The van der Waals surface area contributed by atoms with Crippen LogP contribution >= 0.6 is 0 Å². The monoisotopic (exact) mass is 415 g/mol. The highest BCUT2D eigenvalue weighted by Gasteiger charge is 2.35. The molecule has 0 radical (unpaired) electrons. The summed E-state index contributed by atoms with van der Waals surface area (Å²) in [5.74, 6) is -0.805. The van der Waals surface area contributed by atoms with Crippen molar-refractivity contribution in [1.29, 1.82) is 0 Å². The number of H-pyrrole nitrogens is 1. The Kier molecular flexibility index (Phi) is 4.76. The van der Waals surface area contributed by atoms with Gasteiger partial charge in [0, 0.05) is 43.0 Å². The predicted molar refractivity (Wildman–Crippen MR) is 103 cm³/mol. The highest BCUT2D eigenvalue weighted by molar-refractivity contribution is 5.97. The van der Waals surface area contributed by atoms with Gasteiger partial charge in [-0.1, -0.05) is 0 Å². The molecule has 0 aliphatic carbocycles. The van der Waals surface area contributed by atoms with Gasteiger partial charge in [-0.15, -0.1) is 0 Å². The Balaban J connectivity index is 1.77. The summed E-state index contributed by atoms with van der Waals surface area (Å²) in [7, 11) is 0. The quantitative estimate of drug-likeness (QED) is 0.611. The Bertz CT molecular complexity index is 1150. The van der Waals surface area contributed by atoms with E-state index in [1.54, 1.807) is 12.1 Å². The maximum atomic E-state index is 13.7. The summed E-state index contributed by atoms with van der Waals surface area (Å²) in [6, 6.07) is 6.61. The van der Waals surface area contributed by atoms with Crippen LogP contribution in [0, 0.1) is 0 Å². The number of carbonyl (C=O) groups is 2. The van der Waals surface area contributed by atoms with Crippen molar-refractivity contribution in [3.63, 3.8) is 0 Å². The van der Waals surface area contributed by atoms with Crippen LogP contribution in [-0.2, 0) is 17.4 Å². The number of carbonyl (C=O) groups excluding carboxylic acids is 2. The Morgan fingerprint density at radius 1 is 1.17 bits per heavy atom. The van der Waals surface area contributed by atoms with Crippen LogP contribution in [0.15, 0.2) is 36.5 Å². The molecule has 10 heteroatoms. The highest BCUT2D eigenvalue weighted by Crippen LogP contribution is 2.38. The van der Waals surface area contributed by atoms with Gasteiger partial charge in [0.15, 0.2) is 5.82 Å². The molecule has 0 saturated carbocycles. The fourth-order valence-electron chi connectivity index (χ4n) is 3.32. The van der Waals surface area contributed by atoms with Crippen molar-refractivity contribution in [2.75, 3.05) is 11.9 Å². The predicted octanol–water partition coefficient (Wildman–Crippen LogP) is 3.40. The Hall–Kier alpha value is -3.69. The minimum absolute atomic E-state index is 0.0257. The maximum Gasteiger partial charge on any atom is 0.417 e. The summed E-state index contributed by atoms with van der Waals surface area (Å²) in [6.07, 6.45) is -2.69. The third kappa shape index (κ3) is 3.76.